The van der Waals surface area contributed by atoms with Crippen molar-refractivity contribution in [2.24, 2.45) is 0 Å². The van der Waals surface area contributed by atoms with Crippen molar-refractivity contribution in [2.45, 2.75) is 25.4 Å². The number of esters is 2. The van der Waals surface area contributed by atoms with E-state index in [0.29, 0.717) is 6.42 Å². The molecule has 0 radical (unpaired) electrons. The average molecular weight is 188 g/mol. The van der Waals surface area contributed by atoms with Crippen LogP contribution in [-0.4, -0.2) is 35.9 Å². The van der Waals surface area contributed by atoms with Crippen LogP contribution in [0.4, 0.5) is 0 Å². The fourth-order valence-electron chi connectivity index (χ4n) is 1.17. The molecule has 1 heterocycles. The fraction of sp³-hybridized carbons (Fsp3) is 0.750. The van der Waals surface area contributed by atoms with Gasteiger partial charge in [0.25, 0.3) is 0 Å². The van der Waals surface area contributed by atoms with Crippen molar-refractivity contribution in [1.29, 1.82) is 0 Å². The van der Waals surface area contributed by atoms with Gasteiger partial charge in [0.1, 0.15) is 6.61 Å². The second-order valence-corrected chi connectivity index (χ2v) is 3.10. The number of aliphatic hydroxyl groups excluding tert-OH is 1. The first kappa shape index (κ1) is 9.98. The number of hydrogen-bond acceptors (Lipinski definition) is 5. The van der Waals surface area contributed by atoms with Crippen LogP contribution in [-0.2, 0) is 19.1 Å². The SMILES string of the molecule is CC(=O)OC[C@@]1(CO)CCC(=O)O1. The highest BCUT2D eigenvalue weighted by molar-refractivity contribution is 5.72. The van der Waals surface area contributed by atoms with Gasteiger partial charge in [-0.05, 0) is 0 Å². The van der Waals surface area contributed by atoms with E-state index in [-0.39, 0.29) is 25.6 Å². The summed E-state index contributed by atoms with van der Waals surface area (Å²) >= 11 is 0. The molecule has 0 unspecified atom stereocenters. The lowest BCUT2D eigenvalue weighted by Crippen LogP contribution is -2.39. The van der Waals surface area contributed by atoms with Gasteiger partial charge in [-0.1, -0.05) is 0 Å². The molecular formula is C8H12O5. The monoisotopic (exact) mass is 188 g/mol. The van der Waals surface area contributed by atoms with Crippen molar-refractivity contribution in [3.05, 3.63) is 0 Å². The number of rotatable bonds is 3. The van der Waals surface area contributed by atoms with Gasteiger partial charge in [-0.2, -0.15) is 0 Å². The van der Waals surface area contributed by atoms with Crippen LogP contribution in [0.25, 0.3) is 0 Å². The molecular weight excluding hydrogens is 176 g/mol. The summed E-state index contributed by atoms with van der Waals surface area (Å²) in [5.74, 6) is -0.808. The number of aliphatic hydroxyl groups is 1. The zero-order valence-corrected chi connectivity index (χ0v) is 7.41. The summed E-state index contributed by atoms with van der Waals surface area (Å²) in [7, 11) is 0. The molecule has 1 fully saturated rings. The van der Waals surface area contributed by atoms with E-state index in [1.165, 1.54) is 6.92 Å². The standard InChI is InChI=1S/C8H12O5/c1-6(10)12-5-8(4-9)3-2-7(11)13-8/h9H,2-5H2,1H3/t8-/m0/s1. The molecule has 0 aromatic heterocycles. The van der Waals surface area contributed by atoms with E-state index in [2.05, 4.69) is 0 Å². The highest BCUT2D eigenvalue weighted by Gasteiger charge is 2.41. The highest BCUT2D eigenvalue weighted by Crippen LogP contribution is 2.26. The second-order valence-electron chi connectivity index (χ2n) is 3.10. The molecule has 1 atom stereocenters. The molecule has 0 aromatic rings. The van der Waals surface area contributed by atoms with Crippen molar-refractivity contribution in [3.63, 3.8) is 0 Å². The molecule has 0 amide bonds. The van der Waals surface area contributed by atoms with Crippen LogP contribution in [0.2, 0.25) is 0 Å². The van der Waals surface area contributed by atoms with Gasteiger partial charge in [0.15, 0.2) is 5.60 Å². The smallest absolute Gasteiger partial charge is 0.306 e. The number of cyclic esters (lactones) is 1. The van der Waals surface area contributed by atoms with E-state index in [0.717, 1.165) is 0 Å². The fourth-order valence-corrected chi connectivity index (χ4v) is 1.17. The summed E-state index contributed by atoms with van der Waals surface area (Å²) in [6, 6.07) is 0. The summed E-state index contributed by atoms with van der Waals surface area (Å²) in [4.78, 5) is 21.3. The zero-order valence-electron chi connectivity index (χ0n) is 7.41. The maximum absolute atomic E-state index is 10.8. The normalized spacial score (nSPS) is 27.1. The first-order valence-electron chi connectivity index (χ1n) is 4.04. The maximum atomic E-state index is 10.8. The van der Waals surface area contributed by atoms with E-state index in [1.54, 1.807) is 0 Å². The number of ether oxygens (including phenoxy) is 2. The lowest BCUT2D eigenvalue weighted by atomic mass is 10.0. The van der Waals surface area contributed by atoms with Crippen LogP contribution in [0.3, 0.4) is 0 Å². The second kappa shape index (κ2) is 3.74. The minimum atomic E-state index is -0.997. The van der Waals surface area contributed by atoms with Gasteiger partial charge in [-0.3, -0.25) is 9.59 Å². The van der Waals surface area contributed by atoms with E-state index in [1.807, 2.05) is 0 Å². The lowest BCUT2D eigenvalue weighted by molar-refractivity contribution is -0.165. The Morgan fingerprint density at radius 3 is 2.85 bits per heavy atom. The summed E-state index contributed by atoms with van der Waals surface area (Å²) in [6.45, 7) is 0.887. The Labute approximate surface area is 75.6 Å². The maximum Gasteiger partial charge on any atom is 0.306 e. The molecule has 13 heavy (non-hydrogen) atoms. The van der Waals surface area contributed by atoms with Crippen LogP contribution >= 0.6 is 0 Å². The van der Waals surface area contributed by atoms with Gasteiger partial charge >= 0.3 is 11.9 Å². The van der Waals surface area contributed by atoms with Crippen LogP contribution in [0.1, 0.15) is 19.8 Å². The summed E-state index contributed by atoms with van der Waals surface area (Å²) in [5.41, 5.74) is -0.997. The van der Waals surface area contributed by atoms with E-state index in [9.17, 15) is 9.59 Å². The first-order chi connectivity index (χ1) is 6.08. The van der Waals surface area contributed by atoms with Crippen LogP contribution in [0, 0.1) is 0 Å². The zero-order chi connectivity index (χ0) is 9.90. The highest BCUT2D eigenvalue weighted by atomic mass is 16.6. The summed E-state index contributed by atoms with van der Waals surface area (Å²) in [6.07, 6.45) is 0.664. The molecule has 0 bridgehead atoms. The molecule has 0 saturated carbocycles. The Kier molecular flexibility index (Phi) is 2.87. The molecule has 1 aliphatic heterocycles. The Morgan fingerprint density at radius 2 is 2.46 bits per heavy atom. The molecule has 0 aromatic carbocycles. The van der Waals surface area contributed by atoms with E-state index in [4.69, 9.17) is 14.6 Å². The average Bonchev–Trinajstić information content (AvgIpc) is 2.45. The molecule has 1 rings (SSSR count). The number of carbonyl (C=O) groups excluding carboxylic acids is 2. The first-order valence-corrected chi connectivity index (χ1v) is 4.04. The lowest BCUT2D eigenvalue weighted by Gasteiger charge is -2.23. The predicted molar refractivity (Wildman–Crippen MR) is 41.8 cm³/mol. The minimum absolute atomic E-state index is 0.0649. The predicted octanol–water partition coefficient (Wildman–Crippen LogP) is -0.382. The van der Waals surface area contributed by atoms with Crippen molar-refractivity contribution in [3.8, 4) is 0 Å². The van der Waals surface area contributed by atoms with Crippen molar-refractivity contribution in [1.82, 2.24) is 0 Å². The van der Waals surface area contributed by atoms with Gasteiger partial charge in [-0.15, -0.1) is 0 Å². The third-order valence-corrected chi connectivity index (χ3v) is 1.94. The van der Waals surface area contributed by atoms with E-state index >= 15 is 0 Å². The Morgan fingerprint density at radius 1 is 1.77 bits per heavy atom. The van der Waals surface area contributed by atoms with Gasteiger partial charge in [0, 0.05) is 19.8 Å². The Balaban J connectivity index is 2.50. The van der Waals surface area contributed by atoms with Crippen LogP contribution < -0.4 is 0 Å². The van der Waals surface area contributed by atoms with Gasteiger partial charge in [0.2, 0.25) is 0 Å². The molecule has 5 heteroatoms. The van der Waals surface area contributed by atoms with Crippen molar-refractivity contribution >= 4 is 11.9 Å². The molecule has 1 saturated heterocycles. The summed E-state index contributed by atoms with van der Waals surface area (Å²) < 4.78 is 9.57. The number of carbonyl (C=O) groups is 2. The molecule has 1 N–H and O–H groups in total. The molecule has 0 aliphatic carbocycles. The van der Waals surface area contributed by atoms with Crippen LogP contribution in [0.15, 0.2) is 0 Å². The molecule has 1 aliphatic rings. The van der Waals surface area contributed by atoms with Crippen LogP contribution in [0.5, 0.6) is 0 Å². The third-order valence-electron chi connectivity index (χ3n) is 1.94. The van der Waals surface area contributed by atoms with Gasteiger partial charge < -0.3 is 14.6 Å². The van der Waals surface area contributed by atoms with Crippen molar-refractivity contribution in [2.75, 3.05) is 13.2 Å². The van der Waals surface area contributed by atoms with Gasteiger partial charge in [0.05, 0.1) is 6.61 Å². The largest absolute Gasteiger partial charge is 0.462 e. The molecule has 5 nitrogen and oxygen atoms in total. The van der Waals surface area contributed by atoms with Gasteiger partial charge in [-0.25, -0.2) is 0 Å². The topological polar surface area (TPSA) is 72.8 Å². The third kappa shape index (κ3) is 2.42. The molecule has 0 spiro atoms. The summed E-state index contributed by atoms with van der Waals surface area (Å²) in [5, 5.41) is 8.98. The van der Waals surface area contributed by atoms with Crippen molar-refractivity contribution < 1.29 is 24.2 Å². The number of hydrogen-bond donors (Lipinski definition) is 1. The van der Waals surface area contributed by atoms with E-state index < -0.39 is 11.6 Å². The molecule has 74 valence electrons. The minimum Gasteiger partial charge on any atom is -0.462 e. The Hall–Kier alpha value is -1.10. The Bertz CT molecular complexity index is 225. The quantitative estimate of drug-likeness (QED) is 0.611.